The maximum atomic E-state index is 11.5. The molecular formula is C17H22N4O3. The van der Waals surface area contributed by atoms with Gasteiger partial charge in [0.2, 0.25) is 11.7 Å². The summed E-state index contributed by atoms with van der Waals surface area (Å²) in [4.78, 5) is 20.5. The van der Waals surface area contributed by atoms with Crippen molar-refractivity contribution in [3.63, 3.8) is 0 Å². The van der Waals surface area contributed by atoms with Gasteiger partial charge in [0.25, 0.3) is 5.91 Å². The van der Waals surface area contributed by atoms with Crippen LogP contribution in [-0.4, -0.2) is 38.6 Å². The molecule has 0 radical (unpaired) electrons. The second-order valence-corrected chi connectivity index (χ2v) is 7.50. The molecule has 24 heavy (non-hydrogen) atoms. The van der Waals surface area contributed by atoms with Crippen molar-refractivity contribution in [3.05, 3.63) is 23.7 Å². The third-order valence-electron chi connectivity index (χ3n) is 5.11. The summed E-state index contributed by atoms with van der Waals surface area (Å²) in [5.41, 5.74) is 6.39. The molecule has 2 aromatic heterocycles. The van der Waals surface area contributed by atoms with E-state index in [-0.39, 0.29) is 17.1 Å². The highest BCUT2D eigenvalue weighted by Crippen LogP contribution is 2.55. The molecule has 2 atom stereocenters. The maximum absolute atomic E-state index is 11.5. The lowest BCUT2D eigenvalue weighted by Gasteiger charge is -2.26. The molecule has 7 heteroatoms. The van der Waals surface area contributed by atoms with Crippen molar-refractivity contribution in [2.75, 3.05) is 6.61 Å². The van der Waals surface area contributed by atoms with E-state index in [1.54, 1.807) is 10.6 Å². The highest BCUT2D eigenvalue weighted by Gasteiger charge is 2.56. The van der Waals surface area contributed by atoms with Gasteiger partial charge in [-0.3, -0.25) is 9.20 Å². The topological polar surface area (TPSA) is 91.7 Å². The molecule has 7 nitrogen and oxygen atoms in total. The SMILES string of the molecule is CC(C)Oc1c([C@]23CC[C@](C)(C2)OC3)nc2ncc(C(N)=O)cn12. The van der Waals surface area contributed by atoms with Crippen molar-refractivity contribution in [1.82, 2.24) is 14.4 Å². The highest BCUT2D eigenvalue weighted by molar-refractivity contribution is 5.92. The predicted octanol–water partition coefficient (Wildman–Crippen LogP) is 1.83. The van der Waals surface area contributed by atoms with E-state index in [2.05, 4.69) is 11.9 Å². The van der Waals surface area contributed by atoms with Gasteiger partial charge in [0.15, 0.2) is 0 Å². The number of amides is 1. The third-order valence-corrected chi connectivity index (χ3v) is 5.11. The lowest BCUT2D eigenvalue weighted by Crippen LogP contribution is -2.28. The molecule has 1 saturated carbocycles. The van der Waals surface area contributed by atoms with E-state index in [0.29, 0.717) is 23.8 Å². The van der Waals surface area contributed by atoms with Gasteiger partial charge >= 0.3 is 0 Å². The third kappa shape index (κ3) is 2.18. The van der Waals surface area contributed by atoms with E-state index >= 15 is 0 Å². The van der Waals surface area contributed by atoms with E-state index in [4.69, 9.17) is 20.2 Å². The quantitative estimate of drug-likeness (QED) is 0.923. The van der Waals surface area contributed by atoms with Gasteiger partial charge in [-0.2, -0.15) is 0 Å². The highest BCUT2D eigenvalue weighted by atomic mass is 16.5. The zero-order chi connectivity index (χ0) is 17.1. The summed E-state index contributed by atoms with van der Waals surface area (Å²) in [5, 5.41) is 0. The molecule has 2 aromatic rings. The van der Waals surface area contributed by atoms with Gasteiger partial charge in [0.05, 0.1) is 23.9 Å². The number of aromatic nitrogens is 3. The molecular weight excluding hydrogens is 308 g/mol. The van der Waals surface area contributed by atoms with Crippen LogP contribution in [-0.2, 0) is 10.2 Å². The number of hydrogen-bond acceptors (Lipinski definition) is 5. The van der Waals surface area contributed by atoms with E-state index in [9.17, 15) is 4.79 Å². The van der Waals surface area contributed by atoms with Crippen LogP contribution in [0.1, 0.15) is 56.1 Å². The van der Waals surface area contributed by atoms with E-state index in [1.165, 1.54) is 6.20 Å². The largest absolute Gasteiger partial charge is 0.475 e. The fourth-order valence-corrected chi connectivity index (χ4v) is 3.95. The lowest BCUT2D eigenvalue weighted by molar-refractivity contribution is -0.00659. The number of fused-ring (bicyclic) bond motifs is 3. The normalized spacial score (nSPS) is 28.8. The van der Waals surface area contributed by atoms with E-state index in [0.717, 1.165) is 25.0 Å². The van der Waals surface area contributed by atoms with Gasteiger partial charge in [-0.15, -0.1) is 0 Å². The number of carbonyl (C=O) groups excluding carboxylic acids is 1. The number of rotatable bonds is 4. The van der Waals surface area contributed by atoms with Crippen LogP contribution in [0.2, 0.25) is 0 Å². The minimum atomic E-state index is -0.522. The molecule has 0 aromatic carbocycles. The molecule has 0 spiro atoms. The minimum Gasteiger partial charge on any atom is -0.475 e. The van der Waals surface area contributed by atoms with E-state index < -0.39 is 5.91 Å². The first-order chi connectivity index (χ1) is 11.3. The summed E-state index contributed by atoms with van der Waals surface area (Å²) in [5.74, 6) is 0.636. The van der Waals surface area contributed by atoms with Crippen LogP contribution in [0.3, 0.4) is 0 Å². The monoisotopic (exact) mass is 330 g/mol. The Morgan fingerprint density at radius 3 is 2.79 bits per heavy atom. The minimum absolute atomic E-state index is 0.0209. The smallest absolute Gasteiger partial charge is 0.251 e. The number of ether oxygens (including phenoxy) is 2. The van der Waals surface area contributed by atoms with Crippen molar-refractivity contribution in [1.29, 1.82) is 0 Å². The number of carbonyl (C=O) groups is 1. The summed E-state index contributed by atoms with van der Waals surface area (Å²) < 4.78 is 13.8. The average Bonchev–Trinajstić information content (AvgIpc) is 3.16. The summed E-state index contributed by atoms with van der Waals surface area (Å²) in [6.45, 7) is 6.74. The first-order valence-electron chi connectivity index (χ1n) is 8.31. The Kier molecular flexibility index (Phi) is 3.16. The van der Waals surface area contributed by atoms with E-state index in [1.807, 2.05) is 13.8 Å². The van der Waals surface area contributed by atoms with Gasteiger partial charge in [-0.25, -0.2) is 9.97 Å². The summed E-state index contributed by atoms with van der Waals surface area (Å²) >= 11 is 0. The van der Waals surface area contributed by atoms with Gasteiger partial charge in [0.1, 0.15) is 5.69 Å². The Morgan fingerprint density at radius 2 is 2.25 bits per heavy atom. The van der Waals surface area contributed by atoms with Gasteiger partial charge < -0.3 is 15.2 Å². The summed E-state index contributed by atoms with van der Waals surface area (Å²) in [6, 6.07) is 0. The Morgan fingerprint density at radius 1 is 1.46 bits per heavy atom. The Balaban J connectivity index is 1.90. The molecule has 1 saturated heterocycles. The number of imidazole rings is 1. The molecule has 2 fully saturated rings. The molecule has 2 aliphatic rings. The van der Waals surface area contributed by atoms with Gasteiger partial charge in [-0.1, -0.05) is 0 Å². The number of nitrogens with two attached hydrogens (primary N) is 1. The lowest BCUT2D eigenvalue weighted by atomic mass is 9.84. The van der Waals surface area contributed by atoms with Crippen molar-refractivity contribution in [2.24, 2.45) is 5.73 Å². The number of nitrogens with zero attached hydrogens (tertiary/aromatic N) is 3. The average molecular weight is 330 g/mol. The van der Waals surface area contributed by atoms with Crippen LogP contribution in [0.25, 0.3) is 5.78 Å². The van der Waals surface area contributed by atoms with Crippen molar-refractivity contribution >= 4 is 11.7 Å². The first-order valence-corrected chi connectivity index (χ1v) is 8.31. The van der Waals surface area contributed by atoms with Crippen molar-refractivity contribution in [3.8, 4) is 5.88 Å². The number of primary amides is 1. The van der Waals surface area contributed by atoms with Crippen LogP contribution < -0.4 is 10.5 Å². The Bertz CT molecular complexity index is 819. The van der Waals surface area contributed by atoms with Crippen LogP contribution in [0.5, 0.6) is 5.88 Å². The Labute approximate surface area is 140 Å². The second-order valence-electron chi connectivity index (χ2n) is 7.50. The van der Waals surface area contributed by atoms with Crippen molar-refractivity contribution in [2.45, 2.75) is 57.2 Å². The Hall–Kier alpha value is -2.15. The van der Waals surface area contributed by atoms with Gasteiger partial charge in [0, 0.05) is 17.8 Å². The molecule has 1 aliphatic carbocycles. The van der Waals surface area contributed by atoms with Crippen LogP contribution >= 0.6 is 0 Å². The molecule has 128 valence electrons. The molecule has 3 heterocycles. The first kappa shape index (κ1) is 15.4. The molecule has 1 amide bonds. The molecule has 1 aliphatic heterocycles. The maximum Gasteiger partial charge on any atom is 0.251 e. The molecule has 4 rings (SSSR count). The predicted molar refractivity (Wildman–Crippen MR) is 87.2 cm³/mol. The van der Waals surface area contributed by atoms with Crippen LogP contribution in [0.15, 0.2) is 12.4 Å². The van der Waals surface area contributed by atoms with Gasteiger partial charge in [-0.05, 0) is 40.0 Å². The zero-order valence-corrected chi connectivity index (χ0v) is 14.2. The molecule has 2 bridgehead atoms. The summed E-state index contributed by atoms with van der Waals surface area (Å²) in [7, 11) is 0. The summed E-state index contributed by atoms with van der Waals surface area (Å²) in [6.07, 6.45) is 6.05. The van der Waals surface area contributed by atoms with Crippen molar-refractivity contribution < 1.29 is 14.3 Å². The fraction of sp³-hybridized carbons (Fsp3) is 0.588. The fourth-order valence-electron chi connectivity index (χ4n) is 3.95. The van der Waals surface area contributed by atoms with Crippen LogP contribution in [0, 0.1) is 0 Å². The van der Waals surface area contributed by atoms with Crippen LogP contribution in [0.4, 0.5) is 0 Å². The molecule has 0 unspecified atom stereocenters. The zero-order valence-electron chi connectivity index (χ0n) is 14.2. The second kappa shape index (κ2) is 4.92. The molecule has 2 N–H and O–H groups in total. The number of hydrogen-bond donors (Lipinski definition) is 1. The standard InChI is InChI=1S/C17H22N4O3/c1-10(2)24-14-12(17-5-4-16(3,8-17)23-9-17)20-15-19-6-11(13(18)22)7-21(14)15/h6-7,10H,4-5,8-9H2,1-3H3,(H2,18,22)/t16-,17-/m1/s1.